The highest BCUT2D eigenvalue weighted by molar-refractivity contribution is 5.83. The third-order valence-electron chi connectivity index (χ3n) is 7.20. The van der Waals surface area contributed by atoms with Crippen LogP contribution >= 0.6 is 0 Å². The number of ether oxygens (including phenoxy) is 1. The van der Waals surface area contributed by atoms with Crippen molar-refractivity contribution in [2.45, 2.75) is 45.8 Å². The van der Waals surface area contributed by atoms with Crippen molar-refractivity contribution in [2.75, 3.05) is 13.1 Å². The van der Waals surface area contributed by atoms with Gasteiger partial charge in [-0.05, 0) is 93.1 Å². The summed E-state index contributed by atoms with van der Waals surface area (Å²) in [4.78, 5) is 2.57. The van der Waals surface area contributed by atoms with E-state index < -0.39 is 0 Å². The fourth-order valence-electron chi connectivity index (χ4n) is 4.97. The number of aryl methyl sites for hydroxylation is 2. The highest BCUT2D eigenvalue weighted by Crippen LogP contribution is 2.29. The van der Waals surface area contributed by atoms with Crippen LogP contribution in [0, 0.1) is 24.2 Å². The summed E-state index contributed by atoms with van der Waals surface area (Å²) in [5, 5.41) is 14.5. The molecule has 0 spiro atoms. The van der Waals surface area contributed by atoms with E-state index in [4.69, 9.17) is 14.5 Å². The Morgan fingerprint density at radius 2 is 1.80 bits per heavy atom. The highest BCUT2D eigenvalue weighted by atomic mass is 16.5. The van der Waals surface area contributed by atoms with Crippen LogP contribution < -0.4 is 4.74 Å². The van der Waals surface area contributed by atoms with E-state index in [-0.39, 0.29) is 0 Å². The lowest BCUT2D eigenvalue weighted by Gasteiger charge is -2.31. The molecule has 0 aliphatic carbocycles. The number of hydrogen-bond acceptors (Lipinski definition) is 5. The van der Waals surface area contributed by atoms with Crippen LogP contribution in [0.4, 0.5) is 0 Å². The van der Waals surface area contributed by atoms with Crippen LogP contribution in [0.3, 0.4) is 0 Å². The van der Waals surface area contributed by atoms with Crippen LogP contribution in [0.1, 0.15) is 47.2 Å². The monoisotopic (exact) mass is 465 g/mol. The Balaban J connectivity index is 1.15. The molecule has 4 aromatic rings. The van der Waals surface area contributed by atoms with E-state index in [0.29, 0.717) is 12.2 Å². The zero-order chi connectivity index (χ0) is 24.0. The van der Waals surface area contributed by atoms with Crippen molar-refractivity contribution in [1.82, 2.24) is 10.1 Å². The summed E-state index contributed by atoms with van der Waals surface area (Å²) in [6, 6.07) is 24.3. The molecule has 35 heavy (non-hydrogen) atoms. The first-order valence-corrected chi connectivity index (χ1v) is 12.5. The van der Waals surface area contributed by atoms with E-state index in [1.807, 2.05) is 12.1 Å². The molecule has 1 fully saturated rings. The van der Waals surface area contributed by atoms with Gasteiger partial charge in [0.15, 0.2) is 5.58 Å². The maximum absolute atomic E-state index is 8.94. The molecule has 0 saturated carbocycles. The number of aromatic nitrogens is 1. The van der Waals surface area contributed by atoms with Crippen molar-refractivity contribution in [3.63, 3.8) is 0 Å². The second kappa shape index (κ2) is 10.8. The van der Waals surface area contributed by atoms with Crippen LogP contribution in [-0.4, -0.2) is 23.1 Å². The predicted octanol–water partition coefficient (Wildman–Crippen LogP) is 6.43. The minimum atomic E-state index is 0.450. The van der Waals surface area contributed by atoms with Gasteiger partial charge in [0.05, 0.1) is 17.3 Å². The third kappa shape index (κ3) is 5.55. The van der Waals surface area contributed by atoms with Gasteiger partial charge in [0.25, 0.3) is 0 Å². The van der Waals surface area contributed by atoms with Crippen molar-refractivity contribution in [3.8, 4) is 11.8 Å². The Bertz CT molecular complexity index is 1300. The number of benzene rings is 3. The minimum Gasteiger partial charge on any atom is -0.489 e. The summed E-state index contributed by atoms with van der Waals surface area (Å²) in [7, 11) is 0. The molecule has 1 aromatic heterocycles. The lowest BCUT2D eigenvalue weighted by Crippen LogP contribution is -2.33. The zero-order valence-electron chi connectivity index (χ0n) is 20.2. The number of likely N-dealkylation sites (tertiary alicyclic amines) is 1. The standard InChI is InChI=1S/C30H31N3O2/c1-22-26(21-34-27-11-7-24(19-31)8-12-27)10-13-28-29(32-35-30(22)28)14-9-23-15-17-33(18-16-23)20-25-5-3-2-4-6-25/h2-8,10-13,23H,9,14-18,20-21H2,1H3. The molecule has 5 nitrogen and oxygen atoms in total. The Morgan fingerprint density at radius 1 is 1.03 bits per heavy atom. The molecule has 0 radical (unpaired) electrons. The normalized spacial score (nSPS) is 14.7. The lowest BCUT2D eigenvalue weighted by molar-refractivity contribution is 0.172. The summed E-state index contributed by atoms with van der Waals surface area (Å²) < 4.78 is 11.7. The van der Waals surface area contributed by atoms with E-state index in [2.05, 4.69) is 65.5 Å². The molecule has 3 aromatic carbocycles. The summed E-state index contributed by atoms with van der Waals surface area (Å²) in [6.45, 7) is 5.90. The smallest absolute Gasteiger partial charge is 0.170 e. The van der Waals surface area contributed by atoms with Crippen LogP contribution in [0.5, 0.6) is 5.75 Å². The van der Waals surface area contributed by atoms with Gasteiger partial charge in [-0.1, -0.05) is 41.6 Å². The number of piperidine rings is 1. The molecule has 2 heterocycles. The molecule has 0 amide bonds. The van der Waals surface area contributed by atoms with Gasteiger partial charge in [0, 0.05) is 17.5 Å². The largest absolute Gasteiger partial charge is 0.489 e. The third-order valence-corrected chi connectivity index (χ3v) is 7.20. The SMILES string of the molecule is Cc1c(COc2ccc(C#N)cc2)ccc2c(CCC3CCN(Cc4ccccc4)CC3)noc12. The van der Waals surface area contributed by atoms with E-state index in [0.717, 1.165) is 58.8 Å². The van der Waals surface area contributed by atoms with Crippen molar-refractivity contribution in [3.05, 3.63) is 94.7 Å². The Kier molecular flexibility index (Phi) is 7.11. The van der Waals surface area contributed by atoms with Crippen LogP contribution in [0.25, 0.3) is 11.0 Å². The summed E-state index contributed by atoms with van der Waals surface area (Å²) >= 11 is 0. The molecule has 0 bridgehead atoms. The first kappa shape index (κ1) is 23.1. The van der Waals surface area contributed by atoms with Crippen molar-refractivity contribution in [1.29, 1.82) is 5.26 Å². The highest BCUT2D eigenvalue weighted by Gasteiger charge is 2.21. The van der Waals surface area contributed by atoms with Gasteiger partial charge < -0.3 is 9.26 Å². The average molecular weight is 466 g/mol. The summed E-state index contributed by atoms with van der Waals surface area (Å²) in [6.07, 6.45) is 4.61. The second-order valence-electron chi connectivity index (χ2n) is 9.52. The molecule has 0 N–H and O–H groups in total. The van der Waals surface area contributed by atoms with E-state index in [9.17, 15) is 0 Å². The minimum absolute atomic E-state index is 0.450. The van der Waals surface area contributed by atoms with Crippen LogP contribution in [-0.2, 0) is 19.6 Å². The van der Waals surface area contributed by atoms with Crippen molar-refractivity contribution >= 4 is 11.0 Å². The number of rotatable bonds is 8. The van der Waals surface area contributed by atoms with Gasteiger partial charge in [-0.3, -0.25) is 4.90 Å². The molecular weight excluding hydrogens is 434 g/mol. The molecule has 1 aliphatic heterocycles. The van der Waals surface area contributed by atoms with Gasteiger partial charge in [-0.2, -0.15) is 5.26 Å². The average Bonchev–Trinajstić information content (AvgIpc) is 3.33. The molecule has 0 atom stereocenters. The molecule has 5 rings (SSSR count). The lowest BCUT2D eigenvalue weighted by atomic mass is 9.90. The Labute approximate surface area is 206 Å². The number of hydrogen-bond donors (Lipinski definition) is 0. The molecule has 1 saturated heterocycles. The number of fused-ring (bicyclic) bond motifs is 1. The predicted molar refractivity (Wildman–Crippen MR) is 137 cm³/mol. The van der Waals surface area contributed by atoms with Gasteiger partial charge >= 0.3 is 0 Å². The fraction of sp³-hybridized carbons (Fsp3) is 0.333. The molecule has 1 aliphatic rings. The van der Waals surface area contributed by atoms with Gasteiger partial charge in [-0.25, -0.2) is 0 Å². The topological polar surface area (TPSA) is 62.3 Å². The maximum atomic E-state index is 8.94. The van der Waals surface area contributed by atoms with E-state index in [1.54, 1.807) is 12.1 Å². The van der Waals surface area contributed by atoms with Crippen LogP contribution in [0.15, 0.2) is 71.3 Å². The summed E-state index contributed by atoms with van der Waals surface area (Å²) in [5.74, 6) is 1.49. The van der Waals surface area contributed by atoms with Crippen molar-refractivity contribution in [2.24, 2.45) is 5.92 Å². The van der Waals surface area contributed by atoms with Gasteiger partial charge in [0.2, 0.25) is 0 Å². The first-order chi connectivity index (χ1) is 17.2. The maximum Gasteiger partial charge on any atom is 0.170 e. The quantitative estimate of drug-likeness (QED) is 0.300. The number of nitrogens with zero attached hydrogens (tertiary/aromatic N) is 3. The second-order valence-corrected chi connectivity index (χ2v) is 9.52. The Hall–Kier alpha value is -3.62. The van der Waals surface area contributed by atoms with E-state index >= 15 is 0 Å². The molecule has 5 heteroatoms. The molecular formula is C30H31N3O2. The Morgan fingerprint density at radius 3 is 2.54 bits per heavy atom. The molecule has 178 valence electrons. The molecule has 0 unspecified atom stereocenters. The summed E-state index contributed by atoms with van der Waals surface area (Å²) in [5.41, 5.74) is 6.10. The fourth-order valence-corrected chi connectivity index (χ4v) is 4.97. The van der Waals surface area contributed by atoms with Gasteiger partial charge in [-0.15, -0.1) is 0 Å². The number of nitriles is 1. The van der Waals surface area contributed by atoms with Crippen LogP contribution in [0.2, 0.25) is 0 Å². The van der Waals surface area contributed by atoms with Gasteiger partial charge in [0.1, 0.15) is 12.4 Å². The zero-order valence-corrected chi connectivity index (χ0v) is 20.2. The van der Waals surface area contributed by atoms with Crippen molar-refractivity contribution < 1.29 is 9.26 Å². The van der Waals surface area contributed by atoms with E-state index in [1.165, 1.54) is 31.5 Å². The first-order valence-electron chi connectivity index (χ1n) is 12.5.